The third-order valence-electron chi connectivity index (χ3n) is 6.42. The van der Waals surface area contributed by atoms with Gasteiger partial charge in [0.15, 0.2) is 5.75 Å². The van der Waals surface area contributed by atoms with Gasteiger partial charge >= 0.3 is 10.1 Å². The minimum atomic E-state index is -4.08. The molecule has 0 unspecified atom stereocenters. The van der Waals surface area contributed by atoms with Gasteiger partial charge in [-0.15, -0.1) is 21.6 Å². The number of unbranched alkanes of at least 4 members (excludes halogenated alkanes) is 2. The van der Waals surface area contributed by atoms with Crippen LogP contribution < -0.4 is 4.18 Å². The van der Waals surface area contributed by atoms with Crippen molar-refractivity contribution >= 4 is 21.2 Å². The maximum Gasteiger partial charge on any atom is 0.339 e. The molecule has 4 aromatic rings. The molecule has 0 bridgehead atoms. The van der Waals surface area contributed by atoms with Crippen molar-refractivity contribution in [3.63, 3.8) is 0 Å². The average molecular weight is 504 g/mol. The second kappa shape index (κ2) is 10.7. The van der Waals surface area contributed by atoms with Gasteiger partial charge in [0.25, 0.3) is 0 Å². The van der Waals surface area contributed by atoms with Crippen molar-refractivity contribution in [1.29, 1.82) is 0 Å². The Morgan fingerprint density at radius 2 is 1.61 bits per heavy atom. The SMILES string of the molecule is C=CCc1cc(C(C)(C)CCCCC)cc(-n2nc3ccccc3n2)c1OS(=O)(=O)c1ccccc1. The quantitative estimate of drug-likeness (QED) is 0.128. The van der Waals surface area contributed by atoms with Crippen molar-refractivity contribution in [2.75, 3.05) is 0 Å². The fourth-order valence-electron chi connectivity index (χ4n) is 4.29. The topological polar surface area (TPSA) is 74.1 Å². The summed E-state index contributed by atoms with van der Waals surface area (Å²) >= 11 is 0. The Hall–Kier alpha value is -3.45. The minimum Gasteiger partial charge on any atom is -0.376 e. The van der Waals surface area contributed by atoms with Gasteiger partial charge in [0.05, 0.1) is 0 Å². The molecular weight excluding hydrogens is 470 g/mol. The summed E-state index contributed by atoms with van der Waals surface area (Å²) in [4.78, 5) is 1.57. The lowest BCUT2D eigenvalue weighted by atomic mass is 9.79. The highest BCUT2D eigenvalue weighted by Crippen LogP contribution is 2.38. The molecule has 0 aliphatic carbocycles. The van der Waals surface area contributed by atoms with Crippen LogP contribution in [0.15, 0.2) is 84.3 Å². The number of rotatable bonds is 11. The van der Waals surface area contributed by atoms with Crippen LogP contribution in [0.5, 0.6) is 5.75 Å². The second-order valence-electron chi connectivity index (χ2n) is 9.65. The molecule has 0 saturated heterocycles. The van der Waals surface area contributed by atoms with Crippen LogP contribution in [0.1, 0.15) is 57.6 Å². The highest BCUT2D eigenvalue weighted by Gasteiger charge is 2.28. The number of allylic oxidation sites excluding steroid dienone is 1. The van der Waals surface area contributed by atoms with Crippen LogP contribution in [0.25, 0.3) is 16.7 Å². The summed E-state index contributed by atoms with van der Waals surface area (Å²) in [7, 11) is -4.08. The Kier molecular flexibility index (Phi) is 7.59. The molecule has 0 saturated carbocycles. The minimum absolute atomic E-state index is 0.0862. The van der Waals surface area contributed by atoms with E-state index in [9.17, 15) is 8.42 Å². The first kappa shape index (κ1) is 25.6. The van der Waals surface area contributed by atoms with Crippen molar-refractivity contribution < 1.29 is 12.6 Å². The van der Waals surface area contributed by atoms with Crippen LogP contribution in [-0.2, 0) is 22.0 Å². The van der Waals surface area contributed by atoms with E-state index in [2.05, 4.69) is 37.5 Å². The molecule has 4 rings (SSSR count). The molecule has 6 nitrogen and oxygen atoms in total. The maximum absolute atomic E-state index is 13.3. The standard InChI is InChI=1S/C29H33N3O3S/c1-5-7-13-19-29(3,4)23-20-22(14-6-2)28(35-36(33,34)24-15-9-8-10-16-24)27(21-23)32-30-25-17-11-12-18-26(25)31-32/h6,8-12,15-18,20-21H,2,5,7,13-14,19H2,1,3-4H3. The highest BCUT2D eigenvalue weighted by molar-refractivity contribution is 7.87. The molecule has 0 aliphatic heterocycles. The van der Waals surface area contributed by atoms with E-state index in [-0.39, 0.29) is 16.1 Å². The zero-order valence-corrected chi connectivity index (χ0v) is 22.0. The van der Waals surface area contributed by atoms with E-state index in [0.29, 0.717) is 23.1 Å². The zero-order chi connectivity index (χ0) is 25.8. The predicted octanol–water partition coefficient (Wildman–Crippen LogP) is 6.77. The maximum atomic E-state index is 13.3. The predicted molar refractivity (Wildman–Crippen MR) is 144 cm³/mol. The van der Waals surface area contributed by atoms with E-state index in [0.717, 1.165) is 30.4 Å². The first-order valence-corrected chi connectivity index (χ1v) is 13.8. The fraction of sp³-hybridized carbons (Fsp3) is 0.310. The molecule has 1 heterocycles. The van der Waals surface area contributed by atoms with Gasteiger partial charge in [-0.3, -0.25) is 0 Å². The van der Waals surface area contributed by atoms with Crippen LogP contribution in [0.3, 0.4) is 0 Å². The summed E-state index contributed by atoms with van der Waals surface area (Å²) in [6.07, 6.45) is 6.62. The molecule has 36 heavy (non-hydrogen) atoms. The summed E-state index contributed by atoms with van der Waals surface area (Å²) in [5.41, 5.74) is 3.59. The monoisotopic (exact) mass is 503 g/mol. The first-order chi connectivity index (χ1) is 17.2. The average Bonchev–Trinajstić information content (AvgIpc) is 3.30. The number of hydrogen-bond donors (Lipinski definition) is 0. The molecule has 0 spiro atoms. The lowest BCUT2D eigenvalue weighted by Crippen LogP contribution is -2.20. The highest BCUT2D eigenvalue weighted by atomic mass is 32.2. The Labute approximate surface area is 213 Å². The van der Waals surface area contributed by atoms with E-state index < -0.39 is 10.1 Å². The van der Waals surface area contributed by atoms with Crippen LogP contribution in [-0.4, -0.2) is 23.4 Å². The summed E-state index contributed by atoms with van der Waals surface area (Å²) in [5.74, 6) is 0.215. The lowest BCUT2D eigenvalue weighted by molar-refractivity contribution is 0.447. The molecule has 7 heteroatoms. The van der Waals surface area contributed by atoms with Crippen molar-refractivity contribution in [1.82, 2.24) is 15.0 Å². The van der Waals surface area contributed by atoms with Gasteiger partial charge in [-0.05, 0) is 54.2 Å². The Morgan fingerprint density at radius 1 is 0.972 bits per heavy atom. The lowest BCUT2D eigenvalue weighted by Gasteiger charge is -2.27. The van der Waals surface area contributed by atoms with Gasteiger partial charge in [-0.1, -0.05) is 82.5 Å². The number of nitrogens with zero attached hydrogens (tertiary/aromatic N) is 3. The first-order valence-electron chi connectivity index (χ1n) is 12.4. The molecule has 0 atom stereocenters. The third-order valence-corrected chi connectivity index (χ3v) is 7.66. The smallest absolute Gasteiger partial charge is 0.339 e. The Morgan fingerprint density at radius 3 is 2.22 bits per heavy atom. The van der Waals surface area contributed by atoms with Crippen molar-refractivity contribution in [3.8, 4) is 11.4 Å². The molecule has 0 radical (unpaired) electrons. The normalized spacial score (nSPS) is 12.1. The number of benzene rings is 3. The van der Waals surface area contributed by atoms with Crippen LogP contribution in [0, 0.1) is 0 Å². The van der Waals surface area contributed by atoms with Crippen LogP contribution in [0.2, 0.25) is 0 Å². The van der Waals surface area contributed by atoms with Gasteiger partial charge in [0.1, 0.15) is 21.6 Å². The number of fused-ring (bicyclic) bond motifs is 1. The molecule has 0 N–H and O–H groups in total. The van der Waals surface area contributed by atoms with E-state index in [1.54, 1.807) is 24.3 Å². The summed E-state index contributed by atoms with van der Waals surface area (Å²) < 4.78 is 32.4. The molecule has 0 aliphatic rings. The van der Waals surface area contributed by atoms with Gasteiger partial charge in [0, 0.05) is 5.56 Å². The third kappa shape index (κ3) is 5.51. The van der Waals surface area contributed by atoms with Gasteiger partial charge in [-0.2, -0.15) is 8.42 Å². The Balaban J connectivity index is 1.91. The van der Waals surface area contributed by atoms with Crippen molar-refractivity contribution in [2.45, 2.75) is 63.2 Å². The van der Waals surface area contributed by atoms with Gasteiger partial charge in [0.2, 0.25) is 0 Å². The summed E-state index contributed by atoms with van der Waals surface area (Å²) in [6, 6.07) is 19.7. The van der Waals surface area contributed by atoms with E-state index >= 15 is 0 Å². The fourth-order valence-corrected chi connectivity index (χ4v) is 5.29. The van der Waals surface area contributed by atoms with Crippen LogP contribution >= 0.6 is 0 Å². The van der Waals surface area contributed by atoms with E-state index in [4.69, 9.17) is 4.18 Å². The van der Waals surface area contributed by atoms with Crippen LogP contribution in [0.4, 0.5) is 0 Å². The van der Waals surface area contributed by atoms with Gasteiger partial charge in [-0.25, -0.2) is 0 Å². The molecule has 0 fully saturated rings. The summed E-state index contributed by atoms with van der Waals surface area (Å²) in [5, 5.41) is 9.30. The molecule has 3 aromatic carbocycles. The van der Waals surface area contributed by atoms with Crippen molar-refractivity contribution in [3.05, 3.63) is 90.5 Å². The van der Waals surface area contributed by atoms with Crippen molar-refractivity contribution in [2.24, 2.45) is 0 Å². The zero-order valence-electron chi connectivity index (χ0n) is 21.1. The van der Waals surface area contributed by atoms with Gasteiger partial charge < -0.3 is 4.18 Å². The second-order valence-corrected chi connectivity index (χ2v) is 11.2. The molecule has 188 valence electrons. The molecule has 0 amide bonds. The van der Waals surface area contributed by atoms with E-state index in [1.807, 2.05) is 36.4 Å². The number of aromatic nitrogens is 3. The number of hydrogen-bond acceptors (Lipinski definition) is 5. The molecular formula is C29H33N3O3S. The summed E-state index contributed by atoms with van der Waals surface area (Å²) in [6.45, 7) is 10.5. The largest absolute Gasteiger partial charge is 0.376 e. The van der Waals surface area contributed by atoms with E-state index in [1.165, 1.54) is 23.4 Å². The molecule has 1 aromatic heterocycles. The Bertz CT molecular complexity index is 1420.